The zero-order valence-corrected chi connectivity index (χ0v) is 13.2. The van der Waals surface area contributed by atoms with Crippen molar-refractivity contribution >= 4 is 16.2 Å². The second-order valence-corrected chi connectivity index (χ2v) is 8.65. The molecule has 7 heteroatoms. The minimum Gasteiger partial charge on any atom is -0.481 e. The van der Waals surface area contributed by atoms with Gasteiger partial charge in [0, 0.05) is 26.2 Å². The number of carboxylic acids is 1. The molecule has 0 amide bonds. The highest BCUT2D eigenvalue weighted by Gasteiger charge is 2.46. The highest BCUT2D eigenvalue weighted by atomic mass is 32.2. The maximum Gasteiger partial charge on any atom is 0.310 e. The van der Waals surface area contributed by atoms with Gasteiger partial charge in [0.05, 0.1) is 5.41 Å². The van der Waals surface area contributed by atoms with Gasteiger partial charge in [0.25, 0.3) is 10.2 Å². The van der Waals surface area contributed by atoms with Crippen LogP contribution in [-0.4, -0.2) is 54.3 Å². The van der Waals surface area contributed by atoms with Gasteiger partial charge in [-0.25, -0.2) is 0 Å². The van der Waals surface area contributed by atoms with Gasteiger partial charge in [0.2, 0.25) is 0 Å². The average Bonchev–Trinajstić information content (AvgIpc) is 2.73. The molecule has 0 aliphatic carbocycles. The molecule has 0 saturated carbocycles. The van der Waals surface area contributed by atoms with E-state index in [1.54, 1.807) is 6.92 Å². The van der Waals surface area contributed by atoms with E-state index < -0.39 is 21.6 Å². The molecule has 0 spiro atoms. The summed E-state index contributed by atoms with van der Waals surface area (Å²) < 4.78 is 28.2. The molecule has 3 unspecified atom stereocenters. The molecule has 1 N–H and O–H groups in total. The zero-order valence-electron chi connectivity index (χ0n) is 12.4. The molecular weight excluding hydrogens is 280 g/mol. The third kappa shape index (κ3) is 2.84. The second kappa shape index (κ2) is 5.27. The minimum atomic E-state index is -3.53. The summed E-state index contributed by atoms with van der Waals surface area (Å²) >= 11 is 0. The normalized spacial score (nSPS) is 37.1. The van der Waals surface area contributed by atoms with Gasteiger partial charge in [-0.05, 0) is 31.6 Å². The Kier molecular flexibility index (Phi) is 4.15. The van der Waals surface area contributed by atoms with Crippen molar-refractivity contribution in [2.24, 2.45) is 17.3 Å². The van der Waals surface area contributed by atoms with E-state index in [2.05, 4.69) is 13.8 Å². The largest absolute Gasteiger partial charge is 0.481 e. The maximum absolute atomic E-state index is 12.6. The molecule has 0 aromatic rings. The lowest BCUT2D eigenvalue weighted by molar-refractivity contribution is -0.146. The fourth-order valence-electron chi connectivity index (χ4n) is 3.25. The Morgan fingerprint density at radius 3 is 2.20 bits per heavy atom. The Morgan fingerprint density at radius 1 is 1.20 bits per heavy atom. The van der Waals surface area contributed by atoms with Crippen molar-refractivity contribution < 1.29 is 18.3 Å². The number of rotatable bonds is 3. The average molecular weight is 304 g/mol. The minimum absolute atomic E-state index is 0.0733. The number of piperidine rings is 1. The Labute approximate surface area is 120 Å². The van der Waals surface area contributed by atoms with Crippen molar-refractivity contribution in [1.82, 2.24) is 8.61 Å². The van der Waals surface area contributed by atoms with Gasteiger partial charge in [-0.15, -0.1) is 0 Å². The molecule has 2 rings (SSSR count). The molecule has 2 fully saturated rings. The Balaban J connectivity index is 2.14. The van der Waals surface area contributed by atoms with Gasteiger partial charge >= 0.3 is 5.97 Å². The van der Waals surface area contributed by atoms with Crippen LogP contribution in [0.1, 0.15) is 33.6 Å². The first-order valence-electron chi connectivity index (χ1n) is 7.14. The molecule has 3 atom stereocenters. The summed E-state index contributed by atoms with van der Waals surface area (Å²) in [5, 5.41) is 9.22. The Hall–Kier alpha value is -0.660. The van der Waals surface area contributed by atoms with Crippen LogP contribution in [0.15, 0.2) is 0 Å². The van der Waals surface area contributed by atoms with E-state index in [9.17, 15) is 18.3 Å². The molecule has 2 aliphatic heterocycles. The molecule has 2 heterocycles. The van der Waals surface area contributed by atoms with Crippen LogP contribution >= 0.6 is 0 Å². The topological polar surface area (TPSA) is 77.9 Å². The molecule has 0 bridgehead atoms. The van der Waals surface area contributed by atoms with Crippen molar-refractivity contribution in [3.05, 3.63) is 0 Å². The monoisotopic (exact) mass is 304 g/mol. The number of carboxylic acid groups (broad SMARTS) is 1. The SMILES string of the molecule is CC1CC(C)CN(S(=O)(=O)N2CCC(C)(C(=O)O)C2)C1. The lowest BCUT2D eigenvalue weighted by atomic mass is 9.90. The Morgan fingerprint density at radius 2 is 1.75 bits per heavy atom. The van der Waals surface area contributed by atoms with E-state index in [0.29, 0.717) is 37.9 Å². The summed E-state index contributed by atoms with van der Waals surface area (Å²) in [6.07, 6.45) is 1.42. The van der Waals surface area contributed by atoms with Gasteiger partial charge in [-0.1, -0.05) is 13.8 Å². The van der Waals surface area contributed by atoms with Gasteiger partial charge in [0.1, 0.15) is 0 Å². The summed E-state index contributed by atoms with van der Waals surface area (Å²) in [5.74, 6) is -0.223. The fourth-order valence-corrected chi connectivity index (χ4v) is 5.23. The molecule has 2 saturated heterocycles. The van der Waals surface area contributed by atoms with Gasteiger partial charge in [-0.3, -0.25) is 4.79 Å². The molecule has 6 nitrogen and oxygen atoms in total. The molecular formula is C13H24N2O4S. The van der Waals surface area contributed by atoms with Gasteiger partial charge < -0.3 is 5.11 Å². The van der Waals surface area contributed by atoms with Crippen LogP contribution in [0.4, 0.5) is 0 Å². The molecule has 0 radical (unpaired) electrons. The second-order valence-electron chi connectivity index (χ2n) is 6.72. The van der Waals surface area contributed by atoms with E-state index in [4.69, 9.17) is 0 Å². The molecule has 0 aromatic carbocycles. The van der Waals surface area contributed by atoms with Crippen LogP contribution in [0.2, 0.25) is 0 Å². The van der Waals surface area contributed by atoms with E-state index in [-0.39, 0.29) is 6.54 Å². The van der Waals surface area contributed by atoms with Crippen LogP contribution in [0.5, 0.6) is 0 Å². The first kappa shape index (κ1) is 15.7. The van der Waals surface area contributed by atoms with E-state index >= 15 is 0 Å². The number of hydrogen-bond acceptors (Lipinski definition) is 3. The van der Waals surface area contributed by atoms with Crippen LogP contribution in [0.3, 0.4) is 0 Å². The number of aliphatic carboxylic acids is 1. The molecule has 0 aromatic heterocycles. The highest BCUT2D eigenvalue weighted by molar-refractivity contribution is 7.86. The maximum atomic E-state index is 12.6. The smallest absolute Gasteiger partial charge is 0.310 e. The molecule has 20 heavy (non-hydrogen) atoms. The first-order chi connectivity index (χ1) is 9.15. The first-order valence-corrected chi connectivity index (χ1v) is 8.53. The summed E-state index contributed by atoms with van der Waals surface area (Å²) in [6, 6.07) is 0. The van der Waals surface area contributed by atoms with Crippen LogP contribution < -0.4 is 0 Å². The lowest BCUT2D eigenvalue weighted by Gasteiger charge is -2.36. The highest BCUT2D eigenvalue weighted by Crippen LogP contribution is 2.34. The standard InChI is InChI=1S/C13H24N2O4S/c1-10-6-11(2)8-15(7-10)20(18,19)14-5-4-13(3,9-14)12(16)17/h10-11H,4-9H2,1-3H3,(H,16,17). The fraction of sp³-hybridized carbons (Fsp3) is 0.923. The van der Waals surface area contributed by atoms with Crippen molar-refractivity contribution in [2.75, 3.05) is 26.2 Å². The zero-order chi connectivity index (χ0) is 15.1. The Bertz CT molecular complexity index is 483. The van der Waals surface area contributed by atoms with Crippen molar-refractivity contribution in [1.29, 1.82) is 0 Å². The van der Waals surface area contributed by atoms with Crippen molar-refractivity contribution in [2.45, 2.75) is 33.6 Å². The van der Waals surface area contributed by atoms with E-state index in [0.717, 1.165) is 6.42 Å². The van der Waals surface area contributed by atoms with Crippen molar-refractivity contribution in [3.63, 3.8) is 0 Å². The summed E-state index contributed by atoms with van der Waals surface area (Å²) in [6.45, 7) is 7.17. The predicted molar refractivity (Wildman–Crippen MR) is 75.4 cm³/mol. The molecule has 2 aliphatic rings. The summed E-state index contributed by atoms with van der Waals surface area (Å²) in [7, 11) is -3.53. The van der Waals surface area contributed by atoms with Crippen LogP contribution in [0, 0.1) is 17.3 Å². The van der Waals surface area contributed by atoms with Gasteiger partial charge in [-0.2, -0.15) is 17.0 Å². The molecule has 116 valence electrons. The van der Waals surface area contributed by atoms with E-state index in [1.165, 1.54) is 8.61 Å². The quantitative estimate of drug-likeness (QED) is 0.844. The van der Waals surface area contributed by atoms with Crippen LogP contribution in [0.25, 0.3) is 0 Å². The van der Waals surface area contributed by atoms with Crippen molar-refractivity contribution in [3.8, 4) is 0 Å². The van der Waals surface area contributed by atoms with Crippen LogP contribution in [-0.2, 0) is 15.0 Å². The summed E-state index contributed by atoms with van der Waals surface area (Å²) in [4.78, 5) is 11.2. The number of nitrogens with zero attached hydrogens (tertiary/aromatic N) is 2. The summed E-state index contributed by atoms with van der Waals surface area (Å²) in [5.41, 5.74) is -0.958. The number of hydrogen-bond donors (Lipinski definition) is 1. The van der Waals surface area contributed by atoms with E-state index in [1.807, 2.05) is 0 Å². The third-order valence-corrected chi connectivity index (χ3v) is 6.36. The number of carbonyl (C=O) groups is 1. The predicted octanol–water partition coefficient (Wildman–Crippen LogP) is 1.01. The van der Waals surface area contributed by atoms with Gasteiger partial charge in [0.15, 0.2) is 0 Å². The lowest BCUT2D eigenvalue weighted by Crippen LogP contribution is -2.49. The third-order valence-electron chi connectivity index (χ3n) is 4.44.